The third-order valence-electron chi connectivity index (χ3n) is 4.10. The number of Topliss-reactive ketones (excluding diaryl/α,β-unsaturated/α-hetero) is 1. The molecule has 22 heavy (non-hydrogen) atoms. The van der Waals surface area contributed by atoms with Crippen molar-refractivity contribution in [3.05, 3.63) is 0 Å². The second kappa shape index (κ2) is 9.92. The van der Waals surface area contributed by atoms with E-state index in [9.17, 15) is 9.59 Å². The molecule has 0 bridgehead atoms. The van der Waals surface area contributed by atoms with E-state index in [2.05, 4.69) is 17.7 Å². The molecule has 0 saturated carbocycles. The van der Waals surface area contributed by atoms with Crippen LogP contribution < -0.4 is 10.6 Å². The van der Waals surface area contributed by atoms with Crippen molar-refractivity contribution in [1.29, 1.82) is 0 Å². The normalized spacial score (nSPS) is 19.5. The molecule has 1 heterocycles. The zero-order chi connectivity index (χ0) is 16.4. The van der Waals surface area contributed by atoms with Gasteiger partial charge in [-0.05, 0) is 26.8 Å². The van der Waals surface area contributed by atoms with Crippen molar-refractivity contribution in [3.63, 3.8) is 0 Å². The fourth-order valence-electron chi connectivity index (χ4n) is 2.55. The molecule has 1 aliphatic rings. The van der Waals surface area contributed by atoms with E-state index in [4.69, 9.17) is 4.74 Å². The summed E-state index contributed by atoms with van der Waals surface area (Å²) >= 11 is 0. The standard InChI is InChI=1S/C16H31N3O3/c1-14(20)6-4-5-7-16(21)18-9-11-19(3,10-8-17-2)12-15-13-22-15/h15,17H,4-13H2,1-3H3/p+1. The number of carbonyl (C=O) groups is 2. The van der Waals surface area contributed by atoms with Crippen LogP contribution in [-0.4, -0.2) is 75.7 Å². The summed E-state index contributed by atoms with van der Waals surface area (Å²) in [7, 11) is 4.18. The van der Waals surface area contributed by atoms with Crippen molar-refractivity contribution < 1.29 is 18.8 Å². The maximum absolute atomic E-state index is 11.8. The number of likely N-dealkylation sites (N-methyl/N-ethyl adjacent to an activating group) is 2. The average Bonchev–Trinajstić information content (AvgIpc) is 3.25. The first kappa shape index (κ1) is 19.1. The lowest BCUT2D eigenvalue weighted by atomic mass is 10.1. The lowest BCUT2D eigenvalue weighted by Gasteiger charge is -2.34. The fraction of sp³-hybridized carbons (Fsp3) is 0.875. The largest absolute Gasteiger partial charge is 0.367 e. The van der Waals surface area contributed by atoms with Gasteiger partial charge in [0.1, 0.15) is 18.4 Å². The molecule has 0 aromatic carbocycles. The Labute approximate surface area is 134 Å². The van der Waals surface area contributed by atoms with Gasteiger partial charge in [-0.15, -0.1) is 0 Å². The van der Waals surface area contributed by atoms with Crippen LogP contribution in [0, 0.1) is 0 Å². The van der Waals surface area contributed by atoms with Gasteiger partial charge in [-0.25, -0.2) is 0 Å². The molecule has 0 aromatic rings. The number of rotatable bonds is 13. The topological polar surface area (TPSA) is 70.7 Å². The minimum Gasteiger partial charge on any atom is -0.367 e. The molecule has 2 unspecified atom stereocenters. The van der Waals surface area contributed by atoms with Gasteiger partial charge in [0.2, 0.25) is 5.91 Å². The van der Waals surface area contributed by atoms with Gasteiger partial charge < -0.3 is 24.6 Å². The summed E-state index contributed by atoms with van der Waals surface area (Å²) in [5.41, 5.74) is 0. The Kier molecular flexibility index (Phi) is 8.60. The number of hydrogen-bond donors (Lipinski definition) is 2. The molecule has 2 atom stereocenters. The van der Waals surface area contributed by atoms with Crippen molar-refractivity contribution in [1.82, 2.24) is 10.6 Å². The van der Waals surface area contributed by atoms with E-state index >= 15 is 0 Å². The number of ketones is 1. The molecule has 1 aliphatic heterocycles. The summed E-state index contributed by atoms with van der Waals surface area (Å²) in [5.74, 6) is 0.284. The minimum atomic E-state index is 0.0893. The maximum Gasteiger partial charge on any atom is 0.220 e. The monoisotopic (exact) mass is 314 g/mol. The number of nitrogens with zero attached hydrogens (tertiary/aromatic N) is 1. The molecule has 0 radical (unpaired) electrons. The van der Waals surface area contributed by atoms with Gasteiger partial charge in [0.25, 0.3) is 0 Å². The fourth-order valence-corrected chi connectivity index (χ4v) is 2.55. The zero-order valence-electron chi connectivity index (χ0n) is 14.3. The van der Waals surface area contributed by atoms with Crippen molar-refractivity contribution in [2.24, 2.45) is 0 Å². The molecule has 128 valence electrons. The summed E-state index contributed by atoms with van der Waals surface area (Å²) in [6.45, 7) is 7.08. The summed E-state index contributed by atoms with van der Waals surface area (Å²) in [6.07, 6.45) is 3.07. The van der Waals surface area contributed by atoms with Crippen LogP contribution in [0.3, 0.4) is 0 Å². The van der Waals surface area contributed by atoms with E-state index in [1.807, 2.05) is 7.05 Å². The first-order chi connectivity index (χ1) is 10.4. The summed E-state index contributed by atoms with van der Waals surface area (Å²) in [6, 6.07) is 0. The molecule has 1 saturated heterocycles. The summed E-state index contributed by atoms with van der Waals surface area (Å²) in [4.78, 5) is 22.6. The number of hydrogen-bond acceptors (Lipinski definition) is 4. The highest BCUT2D eigenvalue weighted by molar-refractivity contribution is 5.76. The summed E-state index contributed by atoms with van der Waals surface area (Å²) < 4.78 is 6.26. The second-order valence-electron chi connectivity index (χ2n) is 6.57. The van der Waals surface area contributed by atoms with Crippen molar-refractivity contribution in [3.8, 4) is 0 Å². The number of nitrogens with one attached hydrogen (secondary N) is 2. The molecule has 1 fully saturated rings. The lowest BCUT2D eigenvalue weighted by Crippen LogP contribution is -2.53. The third kappa shape index (κ3) is 9.12. The Balaban J connectivity index is 2.17. The Morgan fingerprint density at radius 3 is 2.41 bits per heavy atom. The molecule has 0 aromatic heterocycles. The molecular formula is C16H32N3O3+. The highest BCUT2D eigenvalue weighted by Crippen LogP contribution is 2.15. The van der Waals surface area contributed by atoms with Gasteiger partial charge in [-0.2, -0.15) is 0 Å². The molecule has 6 nitrogen and oxygen atoms in total. The predicted molar refractivity (Wildman–Crippen MR) is 86.6 cm³/mol. The van der Waals surface area contributed by atoms with Crippen molar-refractivity contribution >= 4 is 11.7 Å². The second-order valence-corrected chi connectivity index (χ2v) is 6.57. The van der Waals surface area contributed by atoms with Crippen LogP contribution >= 0.6 is 0 Å². The number of ether oxygens (including phenoxy) is 1. The molecule has 0 spiro atoms. The third-order valence-corrected chi connectivity index (χ3v) is 4.10. The molecule has 2 N–H and O–H groups in total. The smallest absolute Gasteiger partial charge is 0.220 e. The van der Waals surface area contributed by atoms with Gasteiger partial charge in [0, 0.05) is 19.4 Å². The first-order valence-corrected chi connectivity index (χ1v) is 8.31. The maximum atomic E-state index is 11.8. The van der Waals surface area contributed by atoms with E-state index in [-0.39, 0.29) is 11.7 Å². The van der Waals surface area contributed by atoms with Gasteiger partial charge in [0.15, 0.2) is 0 Å². The predicted octanol–water partition coefficient (Wildman–Crippen LogP) is 0.317. The number of unbranched alkanes of at least 4 members (excludes halogenated alkanes) is 1. The van der Waals surface area contributed by atoms with Gasteiger partial charge in [0.05, 0.1) is 33.3 Å². The Hall–Kier alpha value is -0.980. The minimum absolute atomic E-state index is 0.0893. The lowest BCUT2D eigenvalue weighted by molar-refractivity contribution is -0.907. The van der Waals surface area contributed by atoms with Crippen LogP contribution in [0.2, 0.25) is 0 Å². The van der Waals surface area contributed by atoms with Crippen LogP contribution in [0.4, 0.5) is 0 Å². The van der Waals surface area contributed by atoms with Crippen molar-refractivity contribution in [2.75, 3.05) is 53.4 Å². The van der Waals surface area contributed by atoms with E-state index in [0.717, 1.165) is 50.1 Å². The van der Waals surface area contributed by atoms with Crippen LogP contribution in [0.1, 0.15) is 32.6 Å². The zero-order valence-corrected chi connectivity index (χ0v) is 14.3. The van der Waals surface area contributed by atoms with Crippen LogP contribution in [-0.2, 0) is 14.3 Å². The van der Waals surface area contributed by atoms with E-state index in [1.165, 1.54) is 0 Å². The average molecular weight is 314 g/mol. The van der Waals surface area contributed by atoms with E-state index in [1.54, 1.807) is 6.92 Å². The summed E-state index contributed by atoms with van der Waals surface area (Å²) in [5, 5.41) is 6.18. The van der Waals surface area contributed by atoms with Gasteiger partial charge in [-0.1, -0.05) is 0 Å². The number of carbonyl (C=O) groups excluding carboxylic acids is 2. The van der Waals surface area contributed by atoms with Gasteiger partial charge in [-0.3, -0.25) is 4.79 Å². The van der Waals surface area contributed by atoms with E-state index < -0.39 is 0 Å². The molecule has 1 rings (SSSR count). The molecule has 0 aliphatic carbocycles. The van der Waals surface area contributed by atoms with Gasteiger partial charge >= 0.3 is 0 Å². The molecule has 6 heteroatoms. The number of epoxide rings is 1. The van der Waals surface area contributed by atoms with Crippen LogP contribution in [0.5, 0.6) is 0 Å². The number of amides is 1. The van der Waals surface area contributed by atoms with Crippen LogP contribution in [0.25, 0.3) is 0 Å². The van der Waals surface area contributed by atoms with E-state index in [0.29, 0.717) is 25.5 Å². The Morgan fingerprint density at radius 1 is 1.18 bits per heavy atom. The molecular weight excluding hydrogens is 282 g/mol. The first-order valence-electron chi connectivity index (χ1n) is 8.31. The number of quaternary nitrogens is 1. The quantitative estimate of drug-likeness (QED) is 0.292. The van der Waals surface area contributed by atoms with Crippen LogP contribution in [0.15, 0.2) is 0 Å². The Morgan fingerprint density at radius 2 is 1.82 bits per heavy atom. The SMILES string of the molecule is CNCC[N+](C)(CCNC(=O)CCCCC(C)=O)CC1CO1. The highest BCUT2D eigenvalue weighted by Gasteiger charge is 2.33. The Bertz CT molecular complexity index is 359. The van der Waals surface area contributed by atoms with Crippen molar-refractivity contribution in [2.45, 2.75) is 38.7 Å². The highest BCUT2D eigenvalue weighted by atomic mass is 16.6. The molecule has 1 amide bonds.